The van der Waals surface area contributed by atoms with E-state index < -0.39 is 0 Å². The highest BCUT2D eigenvalue weighted by Gasteiger charge is 2.15. The fourth-order valence-corrected chi connectivity index (χ4v) is 2.30. The molecule has 0 radical (unpaired) electrons. The lowest BCUT2D eigenvalue weighted by molar-refractivity contribution is 0.514. The summed E-state index contributed by atoms with van der Waals surface area (Å²) in [6.07, 6.45) is 5.08. The molecule has 112 valence electrons. The number of aryl methyl sites for hydroxylation is 1. The molecule has 0 aliphatic rings. The quantitative estimate of drug-likeness (QED) is 0.880. The van der Waals surface area contributed by atoms with Gasteiger partial charge in [-0.3, -0.25) is 9.97 Å². The van der Waals surface area contributed by atoms with E-state index in [0.717, 1.165) is 29.9 Å². The topological polar surface area (TPSA) is 37.8 Å². The van der Waals surface area contributed by atoms with Gasteiger partial charge in [-0.05, 0) is 50.1 Å². The lowest BCUT2D eigenvalue weighted by atomic mass is 10.0. The smallest absolute Gasteiger partial charge is 0.123 e. The van der Waals surface area contributed by atoms with E-state index in [1.54, 1.807) is 18.5 Å². The second-order valence-corrected chi connectivity index (χ2v) is 5.44. The molecule has 1 unspecified atom stereocenters. The molecule has 1 aromatic carbocycles. The molecule has 0 bridgehead atoms. The van der Waals surface area contributed by atoms with E-state index in [0.29, 0.717) is 11.4 Å². The largest absolute Gasteiger partial charge is 0.308 e. The van der Waals surface area contributed by atoms with E-state index in [-0.39, 0.29) is 11.9 Å². The first-order valence-electron chi connectivity index (χ1n) is 7.06. The van der Waals surface area contributed by atoms with Crippen LogP contribution in [0.3, 0.4) is 0 Å². The van der Waals surface area contributed by atoms with Gasteiger partial charge in [0.05, 0.1) is 23.6 Å². The standard InChI is InChI=1S/C16H19ClFN3/c1-3-6-19-15(16-10-20-11(2)9-21-16)8-12-7-13(18)4-5-14(12)17/h4-5,7,9-10,15,19H,3,6,8H2,1-2H3. The van der Waals surface area contributed by atoms with Crippen molar-refractivity contribution < 1.29 is 4.39 Å². The van der Waals surface area contributed by atoms with E-state index in [1.807, 2.05) is 6.92 Å². The van der Waals surface area contributed by atoms with Gasteiger partial charge >= 0.3 is 0 Å². The van der Waals surface area contributed by atoms with Gasteiger partial charge in [-0.25, -0.2) is 4.39 Å². The van der Waals surface area contributed by atoms with E-state index in [1.165, 1.54) is 12.1 Å². The molecule has 2 aromatic rings. The maximum atomic E-state index is 13.4. The summed E-state index contributed by atoms with van der Waals surface area (Å²) in [6.45, 7) is 4.85. The average molecular weight is 308 g/mol. The fraction of sp³-hybridized carbons (Fsp3) is 0.375. The van der Waals surface area contributed by atoms with Crippen molar-refractivity contribution in [3.05, 3.63) is 58.4 Å². The predicted molar refractivity (Wildman–Crippen MR) is 82.9 cm³/mol. The van der Waals surface area contributed by atoms with Crippen LogP contribution in [0.25, 0.3) is 0 Å². The van der Waals surface area contributed by atoms with Crippen LogP contribution in [0, 0.1) is 12.7 Å². The lowest BCUT2D eigenvalue weighted by Crippen LogP contribution is -2.25. The Hall–Kier alpha value is -1.52. The van der Waals surface area contributed by atoms with Crippen molar-refractivity contribution in [1.82, 2.24) is 15.3 Å². The maximum Gasteiger partial charge on any atom is 0.123 e. The van der Waals surface area contributed by atoms with Crippen LogP contribution in [0.5, 0.6) is 0 Å². The van der Waals surface area contributed by atoms with Gasteiger partial charge in [0.1, 0.15) is 5.82 Å². The summed E-state index contributed by atoms with van der Waals surface area (Å²) in [5, 5.41) is 3.99. The number of benzene rings is 1. The van der Waals surface area contributed by atoms with Gasteiger partial charge in [-0.2, -0.15) is 0 Å². The van der Waals surface area contributed by atoms with Crippen LogP contribution in [-0.2, 0) is 6.42 Å². The van der Waals surface area contributed by atoms with Crippen LogP contribution in [0.15, 0.2) is 30.6 Å². The molecular weight excluding hydrogens is 289 g/mol. The molecule has 0 aliphatic heterocycles. The summed E-state index contributed by atoms with van der Waals surface area (Å²) < 4.78 is 13.4. The first kappa shape index (κ1) is 15.9. The first-order chi connectivity index (χ1) is 10.1. The number of aromatic nitrogens is 2. The van der Waals surface area contributed by atoms with Crippen LogP contribution in [0.2, 0.25) is 5.02 Å². The Labute approximate surface area is 129 Å². The summed E-state index contributed by atoms with van der Waals surface area (Å²) in [6, 6.07) is 4.40. The zero-order valence-electron chi connectivity index (χ0n) is 12.2. The Kier molecular flexibility index (Phi) is 5.65. The van der Waals surface area contributed by atoms with Crippen LogP contribution in [0.4, 0.5) is 4.39 Å². The third-order valence-electron chi connectivity index (χ3n) is 3.23. The van der Waals surface area contributed by atoms with Crippen molar-refractivity contribution in [2.24, 2.45) is 0 Å². The van der Waals surface area contributed by atoms with Crippen molar-refractivity contribution >= 4 is 11.6 Å². The predicted octanol–water partition coefficient (Wildman–Crippen LogP) is 3.86. The van der Waals surface area contributed by atoms with Crippen molar-refractivity contribution in [1.29, 1.82) is 0 Å². The van der Waals surface area contributed by atoms with Gasteiger partial charge < -0.3 is 5.32 Å². The summed E-state index contributed by atoms with van der Waals surface area (Å²) >= 11 is 6.16. The Bertz CT molecular complexity index is 587. The number of nitrogens with zero attached hydrogens (tertiary/aromatic N) is 2. The number of rotatable bonds is 6. The number of halogens is 2. The van der Waals surface area contributed by atoms with Gasteiger partial charge in [0.2, 0.25) is 0 Å². The Morgan fingerprint density at radius 3 is 2.76 bits per heavy atom. The first-order valence-corrected chi connectivity index (χ1v) is 7.43. The number of hydrogen-bond acceptors (Lipinski definition) is 3. The van der Waals surface area contributed by atoms with Crippen molar-refractivity contribution in [3.63, 3.8) is 0 Å². The number of hydrogen-bond donors (Lipinski definition) is 1. The Morgan fingerprint density at radius 2 is 2.10 bits per heavy atom. The molecule has 0 saturated heterocycles. The average Bonchev–Trinajstić information content (AvgIpc) is 2.48. The van der Waals surface area contributed by atoms with Gasteiger partial charge in [0.25, 0.3) is 0 Å². The summed E-state index contributed by atoms with van der Waals surface area (Å²) in [5.74, 6) is -0.279. The second-order valence-electron chi connectivity index (χ2n) is 5.03. The van der Waals surface area contributed by atoms with Crippen LogP contribution >= 0.6 is 11.6 Å². The normalized spacial score (nSPS) is 12.4. The Morgan fingerprint density at radius 1 is 1.29 bits per heavy atom. The Balaban J connectivity index is 2.23. The minimum atomic E-state index is -0.279. The van der Waals surface area contributed by atoms with Crippen molar-refractivity contribution in [2.45, 2.75) is 32.7 Å². The van der Waals surface area contributed by atoms with Crippen molar-refractivity contribution in [2.75, 3.05) is 6.54 Å². The molecule has 2 rings (SSSR count). The molecular formula is C16H19ClFN3. The molecule has 1 heterocycles. The lowest BCUT2D eigenvalue weighted by Gasteiger charge is -2.18. The molecule has 0 spiro atoms. The monoisotopic (exact) mass is 307 g/mol. The third-order valence-corrected chi connectivity index (χ3v) is 3.60. The molecule has 1 aromatic heterocycles. The molecule has 0 aliphatic carbocycles. The summed E-state index contributed by atoms with van der Waals surface area (Å²) in [4.78, 5) is 8.70. The van der Waals surface area contributed by atoms with E-state index >= 15 is 0 Å². The molecule has 3 nitrogen and oxygen atoms in total. The molecule has 21 heavy (non-hydrogen) atoms. The van der Waals surface area contributed by atoms with Gasteiger partial charge in [-0.1, -0.05) is 18.5 Å². The molecule has 1 atom stereocenters. The highest BCUT2D eigenvalue weighted by molar-refractivity contribution is 6.31. The molecule has 5 heteroatoms. The minimum Gasteiger partial charge on any atom is -0.308 e. The summed E-state index contributed by atoms with van der Waals surface area (Å²) in [7, 11) is 0. The van der Waals surface area contributed by atoms with Gasteiger partial charge in [-0.15, -0.1) is 0 Å². The maximum absolute atomic E-state index is 13.4. The summed E-state index contributed by atoms with van der Waals surface area (Å²) in [5.41, 5.74) is 2.49. The zero-order chi connectivity index (χ0) is 15.2. The second kappa shape index (κ2) is 7.48. The van der Waals surface area contributed by atoms with Crippen LogP contribution in [0.1, 0.15) is 36.3 Å². The third kappa shape index (κ3) is 4.48. The SMILES string of the molecule is CCCNC(Cc1cc(F)ccc1Cl)c1cnc(C)cn1. The van der Waals surface area contributed by atoms with E-state index in [2.05, 4.69) is 22.2 Å². The van der Waals surface area contributed by atoms with Crippen LogP contribution in [-0.4, -0.2) is 16.5 Å². The van der Waals surface area contributed by atoms with Crippen LogP contribution < -0.4 is 5.32 Å². The molecule has 1 N–H and O–H groups in total. The number of nitrogens with one attached hydrogen (secondary N) is 1. The fourth-order valence-electron chi connectivity index (χ4n) is 2.10. The molecule has 0 saturated carbocycles. The zero-order valence-corrected chi connectivity index (χ0v) is 13.0. The molecule has 0 amide bonds. The highest BCUT2D eigenvalue weighted by atomic mass is 35.5. The van der Waals surface area contributed by atoms with E-state index in [9.17, 15) is 4.39 Å². The minimum absolute atomic E-state index is 0.0302. The highest BCUT2D eigenvalue weighted by Crippen LogP contribution is 2.23. The van der Waals surface area contributed by atoms with Crippen molar-refractivity contribution in [3.8, 4) is 0 Å². The molecule has 0 fully saturated rings. The van der Waals surface area contributed by atoms with Gasteiger partial charge in [0, 0.05) is 11.2 Å². The van der Waals surface area contributed by atoms with E-state index in [4.69, 9.17) is 11.6 Å². The van der Waals surface area contributed by atoms with Gasteiger partial charge in [0.15, 0.2) is 0 Å².